The van der Waals surface area contributed by atoms with Gasteiger partial charge >= 0.3 is 6.09 Å². The summed E-state index contributed by atoms with van der Waals surface area (Å²) in [7, 11) is 0. The Labute approximate surface area is 60.2 Å². The second-order valence-corrected chi connectivity index (χ2v) is 1.62. The van der Waals surface area contributed by atoms with Crippen molar-refractivity contribution in [2.45, 2.75) is 13.3 Å². The Morgan fingerprint density at radius 1 is 1.80 bits per heavy atom. The lowest BCUT2D eigenvalue weighted by atomic mass is 10.5. The highest BCUT2D eigenvalue weighted by molar-refractivity contribution is 5.67. The fraction of sp³-hybridized carbons (Fsp3) is 0.667. The zero-order valence-corrected chi connectivity index (χ0v) is 5.96. The van der Waals surface area contributed by atoms with E-state index in [0.29, 0.717) is 0 Å². The lowest BCUT2D eigenvalue weighted by Gasteiger charge is -2.02. The van der Waals surface area contributed by atoms with Crippen LogP contribution in [0.5, 0.6) is 0 Å². The van der Waals surface area contributed by atoms with Gasteiger partial charge in [-0.15, -0.1) is 0 Å². The molecule has 10 heavy (non-hydrogen) atoms. The first-order chi connectivity index (χ1) is 4.81. The molecule has 0 aliphatic carbocycles. The van der Waals surface area contributed by atoms with Crippen molar-refractivity contribution in [1.29, 1.82) is 0 Å². The number of hydrogen-bond donors (Lipinski definition) is 2. The number of nitrogens with one attached hydrogen (secondary N) is 1. The number of amides is 1. The Kier molecular flexibility index (Phi) is 5.86. The first-order valence-corrected chi connectivity index (χ1v) is 3.17. The number of carbonyl (C=O) groups is 1. The van der Waals surface area contributed by atoms with Crippen LogP contribution in [-0.4, -0.2) is 24.4 Å². The van der Waals surface area contributed by atoms with Gasteiger partial charge in [0.25, 0.3) is 0 Å². The fourth-order valence-electron chi connectivity index (χ4n) is 0.365. The predicted molar refractivity (Wildman–Crippen MR) is 36.2 cm³/mol. The number of hydrogen-bond acceptors (Lipinski definition) is 3. The Morgan fingerprint density at radius 2 is 2.50 bits per heavy atom. The van der Waals surface area contributed by atoms with Crippen molar-refractivity contribution in [3.8, 4) is 0 Å². The molecule has 1 radical (unpaired) electrons. The van der Waals surface area contributed by atoms with Gasteiger partial charge in [0.15, 0.2) is 0 Å². The van der Waals surface area contributed by atoms with E-state index in [1.54, 1.807) is 6.54 Å². The molecule has 0 aliphatic rings. The summed E-state index contributed by atoms with van der Waals surface area (Å²) in [6, 6.07) is 0. The first kappa shape index (κ1) is 9.23. The molecule has 1 amide bonds. The third-order valence-corrected chi connectivity index (χ3v) is 0.748. The lowest BCUT2D eigenvalue weighted by Crippen LogP contribution is -2.22. The van der Waals surface area contributed by atoms with Crippen LogP contribution >= 0.6 is 0 Å². The summed E-state index contributed by atoms with van der Waals surface area (Å²) < 4.78 is 4.46. The van der Waals surface area contributed by atoms with Crippen LogP contribution in [0.15, 0.2) is 0 Å². The first-order valence-electron chi connectivity index (χ1n) is 3.17. The number of aliphatic hydroxyl groups is 1. The highest BCUT2D eigenvalue weighted by Crippen LogP contribution is 1.81. The van der Waals surface area contributed by atoms with Crippen LogP contribution in [-0.2, 0) is 4.74 Å². The minimum atomic E-state index is -0.518. The van der Waals surface area contributed by atoms with E-state index in [-0.39, 0.29) is 13.2 Å². The van der Waals surface area contributed by atoms with E-state index in [0.717, 1.165) is 6.42 Å². The molecule has 0 heterocycles. The van der Waals surface area contributed by atoms with Crippen LogP contribution in [0.2, 0.25) is 0 Å². The van der Waals surface area contributed by atoms with Gasteiger partial charge in [0.05, 0.1) is 13.2 Å². The standard InChI is InChI=1S/C6H12NO3/c1-2-3-7-6(9)10-5-4-8/h3,8H,2,4-5H2,1H3,(H,7,9). The van der Waals surface area contributed by atoms with Crippen LogP contribution in [0.3, 0.4) is 0 Å². The molecule has 0 saturated carbocycles. The summed E-state index contributed by atoms with van der Waals surface area (Å²) >= 11 is 0. The van der Waals surface area contributed by atoms with Gasteiger partial charge in [-0.25, -0.2) is 4.79 Å². The van der Waals surface area contributed by atoms with E-state index < -0.39 is 6.09 Å². The van der Waals surface area contributed by atoms with Crippen LogP contribution in [0.1, 0.15) is 13.3 Å². The molecule has 0 spiro atoms. The Morgan fingerprint density at radius 3 is 3.00 bits per heavy atom. The minimum Gasteiger partial charge on any atom is -0.447 e. The van der Waals surface area contributed by atoms with Crippen molar-refractivity contribution in [3.05, 3.63) is 6.54 Å². The average Bonchev–Trinajstić information content (AvgIpc) is 1.97. The smallest absolute Gasteiger partial charge is 0.407 e. The summed E-state index contributed by atoms with van der Waals surface area (Å²) in [5.41, 5.74) is 0. The summed E-state index contributed by atoms with van der Waals surface area (Å²) in [5.74, 6) is 0. The molecule has 0 bridgehead atoms. The van der Waals surface area contributed by atoms with Crippen molar-refractivity contribution >= 4 is 6.09 Å². The quantitative estimate of drug-likeness (QED) is 0.598. The van der Waals surface area contributed by atoms with Gasteiger partial charge in [-0.2, -0.15) is 0 Å². The maximum absolute atomic E-state index is 10.5. The molecule has 0 atom stereocenters. The van der Waals surface area contributed by atoms with Crippen LogP contribution < -0.4 is 5.32 Å². The zero-order chi connectivity index (χ0) is 7.82. The maximum atomic E-state index is 10.5. The molecule has 0 aliphatic heterocycles. The third kappa shape index (κ3) is 5.37. The Balaban J connectivity index is 3.09. The highest BCUT2D eigenvalue weighted by atomic mass is 16.6. The van der Waals surface area contributed by atoms with E-state index in [1.165, 1.54) is 0 Å². The molecule has 0 aromatic heterocycles. The summed E-state index contributed by atoms with van der Waals surface area (Å²) in [6.07, 6.45) is 0.240. The maximum Gasteiger partial charge on any atom is 0.407 e. The van der Waals surface area contributed by atoms with Gasteiger partial charge in [0, 0.05) is 0 Å². The van der Waals surface area contributed by atoms with Gasteiger partial charge in [0.2, 0.25) is 0 Å². The Hall–Kier alpha value is -0.770. The molecule has 2 N–H and O–H groups in total. The van der Waals surface area contributed by atoms with Crippen molar-refractivity contribution < 1.29 is 14.6 Å². The molecular formula is C6H12NO3. The second-order valence-electron chi connectivity index (χ2n) is 1.62. The molecule has 4 nitrogen and oxygen atoms in total. The normalized spacial score (nSPS) is 9.00. The summed E-state index contributed by atoms with van der Waals surface area (Å²) in [4.78, 5) is 10.5. The SMILES string of the molecule is CC[CH]NC(=O)OCCO. The minimum absolute atomic E-state index is 0.0450. The molecular weight excluding hydrogens is 134 g/mol. The third-order valence-electron chi connectivity index (χ3n) is 0.748. The van der Waals surface area contributed by atoms with E-state index in [1.807, 2.05) is 6.92 Å². The predicted octanol–water partition coefficient (Wildman–Crippen LogP) is 0.277. The average molecular weight is 146 g/mol. The molecule has 4 heteroatoms. The van der Waals surface area contributed by atoms with Crippen molar-refractivity contribution in [2.24, 2.45) is 0 Å². The number of aliphatic hydroxyl groups excluding tert-OH is 1. The van der Waals surface area contributed by atoms with Gasteiger partial charge in [-0.05, 0) is 6.42 Å². The number of ether oxygens (including phenoxy) is 1. The lowest BCUT2D eigenvalue weighted by molar-refractivity contribution is 0.121. The Bertz CT molecular complexity index is 85.0. The van der Waals surface area contributed by atoms with E-state index >= 15 is 0 Å². The number of alkyl carbamates (subject to hydrolysis) is 1. The molecule has 0 rings (SSSR count). The van der Waals surface area contributed by atoms with Crippen LogP contribution in [0.4, 0.5) is 4.79 Å². The van der Waals surface area contributed by atoms with Gasteiger partial charge in [-0.3, -0.25) is 0 Å². The van der Waals surface area contributed by atoms with Crippen molar-refractivity contribution in [1.82, 2.24) is 5.32 Å². The summed E-state index contributed by atoms with van der Waals surface area (Å²) in [5, 5.41) is 10.6. The van der Waals surface area contributed by atoms with Crippen molar-refractivity contribution in [3.63, 3.8) is 0 Å². The van der Waals surface area contributed by atoms with Gasteiger partial charge < -0.3 is 15.2 Å². The van der Waals surface area contributed by atoms with Gasteiger partial charge in [-0.1, -0.05) is 6.92 Å². The molecule has 0 saturated heterocycles. The monoisotopic (exact) mass is 146 g/mol. The zero-order valence-electron chi connectivity index (χ0n) is 5.96. The molecule has 0 aromatic carbocycles. The van der Waals surface area contributed by atoms with E-state index in [9.17, 15) is 4.79 Å². The largest absolute Gasteiger partial charge is 0.447 e. The molecule has 0 aromatic rings. The summed E-state index contributed by atoms with van der Waals surface area (Å²) in [6.45, 7) is 3.38. The number of carbonyl (C=O) groups excluding carboxylic acids is 1. The van der Waals surface area contributed by atoms with E-state index in [4.69, 9.17) is 5.11 Å². The molecule has 0 unspecified atom stereocenters. The fourth-order valence-corrected chi connectivity index (χ4v) is 0.365. The molecule has 0 fully saturated rings. The second kappa shape index (κ2) is 6.35. The van der Waals surface area contributed by atoms with Gasteiger partial charge in [0.1, 0.15) is 6.61 Å². The number of rotatable bonds is 4. The van der Waals surface area contributed by atoms with E-state index in [2.05, 4.69) is 10.1 Å². The molecule has 59 valence electrons. The highest BCUT2D eigenvalue weighted by Gasteiger charge is 1.97. The van der Waals surface area contributed by atoms with Crippen LogP contribution in [0.25, 0.3) is 0 Å². The van der Waals surface area contributed by atoms with Crippen LogP contribution in [0, 0.1) is 6.54 Å². The topological polar surface area (TPSA) is 58.6 Å². The van der Waals surface area contributed by atoms with Crippen molar-refractivity contribution in [2.75, 3.05) is 13.2 Å².